The summed E-state index contributed by atoms with van der Waals surface area (Å²) in [5.41, 5.74) is 0. The average Bonchev–Trinajstić information content (AvgIpc) is 1.90. The van der Waals surface area contributed by atoms with Crippen molar-refractivity contribution in [3.05, 3.63) is 0 Å². The van der Waals surface area contributed by atoms with Crippen LogP contribution in [0.5, 0.6) is 0 Å². The highest BCUT2D eigenvalue weighted by Crippen LogP contribution is 2.09. The average molecular weight is 113 g/mol. The van der Waals surface area contributed by atoms with Gasteiger partial charge in [0.25, 0.3) is 0 Å². The molecule has 2 heteroatoms. The van der Waals surface area contributed by atoms with Crippen LogP contribution >= 0.6 is 0 Å². The van der Waals surface area contributed by atoms with E-state index in [4.69, 9.17) is 10.1 Å². The van der Waals surface area contributed by atoms with E-state index in [1.165, 1.54) is 19.1 Å². The van der Waals surface area contributed by atoms with Crippen LogP contribution in [0.4, 0.5) is 0 Å². The number of hydrogen-bond acceptors (Lipinski definition) is 2. The molecule has 46 valence electrons. The van der Waals surface area contributed by atoms with Crippen LogP contribution in [-0.2, 0) is 4.74 Å². The molecule has 0 aromatic carbocycles. The smallest absolute Gasteiger partial charge is 0.0919 e. The standard InChI is InChI=1S/C6H11NO/c7-5-6-3-1-2-4-8-6/h5-7H,1-4H2. The van der Waals surface area contributed by atoms with Crippen molar-refractivity contribution in [2.75, 3.05) is 6.61 Å². The maximum absolute atomic E-state index is 6.85. The molecule has 0 aliphatic carbocycles. The second-order valence-corrected chi connectivity index (χ2v) is 2.07. The summed E-state index contributed by atoms with van der Waals surface area (Å²) in [5, 5.41) is 6.85. The zero-order chi connectivity index (χ0) is 5.82. The second kappa shape index (κ2) is 2.82. The molecule has 8 heavy (non-hydrogen) atoms. The van der Waals surface area contributed by atoms with Gasteiger partial charge in [0, 0.05) is 12.8 Å². The molecule has 1 atom stereocenters. The minimum absolute atomic E-state index is 0.128. The molecular formula is C6H11NO. The summed E-state index contributed by atoms with van der Waals surface area (Å²) >= 11 is 0. The van der Waals surface area contributed by atoms with Crippen LogP contribution in [0.2, 0.25) is 0 Å². The molecule has 1 rings (SSSR count). The maximum Gasteiger partial charge on any atom is 0.0919 e. The van der Waals surface area contributed by atoms with E-state index >= 15 is 0 Å². The fourth-order valence-corrected chi connectivity index (χ4v) is 0.897. The van der Waals surface area contributed by atoms with E-state index in [0.29, 0.717) is 0 Å². The summed E-state index contributed by atoms with van der Waals surface area (Å²) < 4.78 is 5.18. The molecule has 1 saturated heterocycles. The van der Waals surface area contributed by atoms with Crippen molar-refractivity contribution in [2.24, 2.45) is 0 Å². The predicted molar refractivity (Wildman–Crippen MR) is 32.4 cm³/mol. The van der Waals surface area contributed by atoms with Gasteiger partial charge in [0.1, 0.15) is 0 Å². The Morgan fingerprint density at radius 3 is 2.75 bits per heavy atom. The van der Waals surface area contributed by atoms with Gasteiger partial charge in [0.15, 0.2) is 0 Å². The number of rotatable bonds is 1. The molecule has 0 bridgehead atoms. The number of hydrogen-bond donors (Lipinski definition) is 1. The molecule has 0 spiro atoms. The van der Waals surface area contributed by atoms with Crippen molar-refractivity contribution in [3.63, 3.8) is 0 Å². The largest absolute Gasteiger partial charge is 0.373 e. The molecule has 0 amide bonds. The third-order valence-corrected chi connectivity index (χ3v) is 1.40. The van der Waals surface area contributed by atoms with E-state index in [0.717, 1.165) is 13.0 Å². The van der Waals surface area contributed by atoms with E-state index in [-0.39, 0.29) is 6.10 Å². The molecule has 1 heterocycles. The fourth-order valence-electron chi connectivity index (χ4n) is 0.897. The molecule has 0 saturated carbocycles. The monoisotopic (exact) mass is 113 g/mol. The highest BCUT2D eigenvalue weighted by molar-refractivity contribution is 5.59. The Balaban J connectivity index is 2.22. The molecule has 1 fully saturated rings. The first kappa shape index (κ1) is 5.76. The van der Waals surface area contributed by atoms with Crippen LogP contribution in [0.25, 0.3) is 0 Å². The zero-order valence-corrected chi connectivity index (χ0v) is 4.89. The molecule has 0 aromatic heterocycles. The fraction of sp³-hybridized carbons (Fsp3) is 0.833. The molecule has 2 nitrogen and oxygen atoms in total. The van der Waals surface area contributed by atoms with Crippen molar-refractivity contribution < 1.29 is 4.74 Å². The Kier molecular flexibility index (Phi) is 2.03. The third-order valence-electron chi connectivity index (χ3n) is 1.40. The van der Waals surface area contributed by atoms with Gasteiger partial charge >= 0.3 is 0 Å². The van der Waals surface area contributed by atoms with Crippen molar-refractivity contribution >= 4 is 6.21 Å². The number of ether oxygens (including phenoxy) is 1. The van der Waals surface area contributed by atoms with E-state index in [9.17, 15) is 0 Å². The lowest BCUT2D eigenvalue weighted by Gasteiger charge is -2.17. The van der Waals surface area contributed by atoms with Crippen molar-refractivity contribution in [3.8, 4) is 0 Å². The molecule has 1 unspecified atom stereocenters. The zero-order valence-electron chi connectivity index (χ0n) is 4.89. The summed E-state index contributed by atoms with van der Waals surface area (Å²) in [4.78, 5) is 0. The van der Waals surface area contributed by atoms with Crippen molar-refractivity contribution in [1.29, 1.82) is 5.41 Å². The SMILES string of the molecule is N=CC1CCCCO1. The predicted octanol–water partition coefficient (Wildman–Crippen LogP) is 1.21. The molecule has 1 aliphatic heterocycles. The van der Waals surface area contributed by atoms with E-state index in [2.05, 4.69) is 0 Å². The Morgan fingerprint density at radius 2 is 2.38 bits per heavy atom. The molecule has 0 radical (unpaired) electrons. The first-order chi connectivity index (χ1) is 3.93. The van der Waals surface area contributed by atoms with Crippen LogP contribution in [0, 0.1) is 5.41 Å². The van der Waals surface area contributed by atoms with Gasteiger partial charge in [-0.05, 0) is 19.3 Å². The first-order valence-electron chi connectivity index (χ1n) is 3.05. The summed E-state index contributed by atoms with van der Waals surface area (Å²) in [5.74, 6) is 0. The molecule has 1 aliphatic rings. The van der Waals surface area contributed by atoms with Gasteiger partial charge in [-0.25, -0.2) is 0 Å². The Bertz CT molecular complexity index is 76.6. The van der Waals surface area contributed by atoms with Gasteiger partial charge in [-0.3, -0.25) is 0 Å². The summed E-state index contributed by atoms with van der Waals surface area (Å²) in [6.07, 6.45) is 4.95. The van der Waals surface area contributed by atoms with E-state index < -0.39 is 0 Å². The first-order valence-corrected chi connectivity index (χ1v) is 3.05. The Hall–Kier alpha value is -0.370. The molecule has 0 aromatic rings. The van der Waals surface area contributed by atoms with Gasteiger partial charge in [0.2, 0.25) is 0 Å². The van der Waals surface area contributed by atoms with Crippen LogP contribution in [0.1, 0.15) is 19.3 Å². The minimum Gasteiger partial charge on any atom is -0.373 e. The Morgan fingerprint density at radius 1 is 1.50 bits per heavy atom. The third kappa shape index (κ3) is 1.30. The van der Waals surface area contributed by atoms with Gasteiger partial charge < -0.3 is 10.1 Å². The van der Waals surface area contributed by atoms with Crippen LogP contribution in [-0.4, -0.2) is 18.9 Å². The summed E-state index contributed by atoms with van der Waals surface area (Å²) in [7, 11) is 0. The van der Waals surface area contributed by atoms with E-state index in [1.54, 1.807) is 0 Å². The van der Waals surface area contributed by atoms with Crippen LogP contribution < -0.4 is 0 Å². The van der Waals surface area contributed by atoms with Gasteiger partial charge in [-0.1, -0.05) is 0 Å². The van der Waals surface area contributed by atoms with Gasteiger partial charge in [0.05, 0.1) is 6.10 Å². The van der Waals surface area contributed by atoms with Crippen molar-refractivity contribution in [2.45, 2.75) is 25.4 Å². The quantitative estimate of drug-likeness (QED) is 0.509. The van der Waals surface area contributed by atoms with Crippen LogP contribution in [0.3, 0.4) is 0 Å². The lowest BCUT2D eigenvalue weighted by molar-refractivity contribution is 0.0612. The molecular weight excluding hydrogens is 102 g/mol. The lowest BCUT2D eigenvalue weighted by atomic mass is 10.1. The summed E-state index contributed by atoms with van der Waals surface area (Å²) in [6.45, 7) is 0.847. The topological polar surface area (TPSA) is 33.1 Å². The highest BCUT2D eigenvalue weighted by atomic mass is 16.5. The lowest BCUT2D eigenvalue weighted by Crippen LogP contribution is -2.19. The van der Waals surface area contributed by atoms with E-state index in [1.807, 2.05) is 0 Å². The maximum atomic E-state index is 6.85. The second-order valence-electron chi connectivity index (χ2n) is 2.07. The number of nitrogens with one attached hydrogen (secondary N) is 1. The minimum atomic E-state index is 0.128. The van der Waals surface area contributed by atoms with Gasteiger partial charge in [-0.15, -0.1) is 0 Å². The van der Waals surface area contributed by atoms with Crippen LogP contribution in [0.15, 0.2) is 0 Å². The normalized spacial score (nSPS) is 29.8. The highest BCUT2D eigenvalue weighted by Gasteiger charge is 2.08. The van der Waals surface area contributed by atoms with Gasteiger partial charge in [-0.2, -0.15) is 0 Å². The Labute approximate surface area is 49.4 Å². The van der Waals surface area contributed by atoms with Crippen molar-refractivity contribution in [1.82, 2.24) is 0 Å². The summed E-state index contributed by atoms with van der Waals surface area (Å²) in [6, 6.07) is 0. The molecule has 1 N–H and O–H groups in total.